The molecular formula is C16H16BrN3O. The van der Waals surface area contributed by atoms with Crippen molar-refractivity contribution in [2.45, 2.75) is 19.8 Å². The van der Waals surface area contributed by atoms with Crippen LogP contribution in [0.15, 0.2) is 40.0 Å². The summed E-state index contributed by atoms with van der Waals surface area (Å²) in [5, 5.41) is 12.9. The molecule has 0 N–H and O–H groups in total. The Kier molecular flexibility index (Phi) is 4.01. The zero-order valence-corrected chi connectivity index (χ0v) is 13.6. The Balaban J connectivity index is 2.05. The summed E-state index contributed by atoms with van der Waals surface area (Å²) in [7, 11) is 1.58. The molecule has 3 rings (SSSR count). The van der Waals surface area contributed by atoms with Crippen LogP contribution < -0.4 is 0 Å². The van der Waals surface area contributed by atoms with Gasteiger partial charge in [-0.1, -0.05) is 40.1 Å². The average molecular weight is 346 g/mol. The molecular weight excluding hydrogens is 330 g/mol. The fourth-order valence-corrected chi connectivity index (χ4v) is 2.88. The Morgan fingerprint density at radius 2 is 1.95 bits per heavy atom. The van der Waals surface area contributed by atoms with Crippen molar-refractivity contribution in [3.63, 3.8) is 0 Å². The lowest BCUT2D eigenvalue weighted by atomic mass is 9.86. The minimum absolute atomic E-state index is 0.513. The first-order chi connectivity index (χ1) is 10.2. The summed E-state index contributed by atoms with van der Waals surface area (Å²) < 4.78 is 1.05. The van der Waals surface area contributed by atoms with Gasteiger partial charge in [-0.3, -0.25) is 0 Å². The summed E-state index contributed by atoms with van der Waals surface area (Å²) >= 11 is 3.44. The number of aromatic nitrogens is 2. The third kappa shape index (κ3) is 2.97. The normalized spacial score (nSPS) is 19.4. The Morgan fingerprint density at radius 1 is 1.19 bits per heavy atom. The highest BCUT2D eigenvalue weighted by Gasteiger charge is 2.23. The predicted molar refractivity (Wildman–Crippen MR) is 86.2 cm³/mol. The minimum Gasteiger partial charge on any atom is -0.399 e. The molecule has 1 atom stereocenters. The second-order valence-corrected chi connectivity index (χ2v) is 6.25. The van der Waals surface area contributed by atoms with Gasteiger partial charge in [-0.05, 0) is 37.0 Å². The molecule has 0 aliphatic heterocycles. The van der Waals surface area contributed by atoms with E-state index in [1.54, 1.807) is 7.11 Å². The van der Waals surface area contributed by atoms with Crippen LogP contribution in [0.5, 0.6) is 0 Å². The van der Waals surface area contributed by atoms with Gasteiger partial charge in [0.05, 0.1) is 17.1 Å². The maximum absolute atomic E-state index is 4.98. The maximum Gasteiger partial charge on any atom is 0.106 e. The second kappa shape index (κ2) is 5.93. The molecule has 4 nitrogen and oxygen atoms in total. The van der Waals surface area contributed by atoms with Crippen molar-refractivity contribution in [1.82, 2.24) is 10.2 Å². The number of rotatable bonds is 2. The summed E-state index contributed by atoms with van der Waals surface area (Å²) in [6.07, 6.45) is 1.85. The monoisotopic (exact) mass is 345 g/mol. The zero-order chi connectivity index (χ0) is 14.8. The van der Waals surface area contributed by atoms with Crippen molar-refractivity contribution < 1.29 is 4.84 Å². The number of oxime groups is 1. The van der Waals surface area contributed by atoms with E-state index >= 15 is 0 Å². The zero-order valence-electron chi connectivity index (χ0n) is 12.0. The van der Waals surface area contributed by atoms with E-state index in [0.29, 0.717) is 5.92 Å². The van der Waals surface area contributed by atoms with E-state index in [1.807, 2.05) is 24.3 Å². The van der Waals surface area contributed by atoms with Gasteiger partial charge in [0.25, 0.3) is 0 Å². The van der Waals surface area contributed by atoms with Crippen molar-refractivity contribution in [1.29, 1.82) is 0 Å². The van der Waals surface area contributed by atoms with Gasteiger partial charge in [-0.2, -0.15) is 10.2 Å². The molecule has 21 heavy (non-hydrogen) atoms. The quantitative estimate of drug-likeness (QED) is 0.777. The van der Waals surface area contributed by atoms with E-state index in [9.17, 15) is 0 Å². The van der Waals surface area contributed by atoms with Crippen LogP contribution in [-0.2, 0) is 11.3 Å². The number of nitrogens with zero attached hydrogens (tertiary/aromatic N) is 3. The molecule has 1 unspecified atom stereocenters. The van der Waals surface area contributed by atoms with Crippen LogP contribution in [0.4, 0.5) is 0 Å². The summed E-state index contributed by atoms with van der Waals surface area (Å²) in [4.78, 5) is 4.98. The lowest BCUT2D eigenvalue weighted by molar-refractivity contribution is 0.212. The van der Waals surface area contributed by atoms with Gasteiger partial charge in [0, 0.05) is 15.6 Å². The standard InChI is InChI=1S/C16H16BrN3O/c1-10-7-15-13(16(8-10)20-21-2)9-14(18-19-15)11-3-5-12(17)6-4-11/h3-6,9-10H,7-8H2,1-2H3/b20-16+. The van der Waals surface area contributed by atoms with E-state index in [0.717, 1.165) is 45.5 Å². The van der Waals surface area contributed by atoms with Crippen molar-refractivity contribution >= 4 is 21.6 Å². The van der Waals surface area contributed by atoms with Crippen molar-refractivity contribution in [2.24, 2.45) is 11.1 Å². The Morgan fingerprint density at radius 3 is 2.67 bits per heavy atom. The van der Waals surface area contributed by atoms with E-state index in [-0.39, 0.29) is 0 Å². The van der Waals surface area contributed by atoms with Crippen LogP contribution in [0.25, 0.3) is 11.3 Å². The van der Waals surface area contributed by atoms with Gasteiger partial charge in [0.2, 0.25) is 0 Å². The summed E-state index contributed by atoms with van der Waals surface area (Å²) in [5.41, 5.74) is 4.93. The van der Waals surface area contributed by atoms with E-state index in [4.69, 9.17) is 4.84 Å². The molecule has 0 bridgehead atoms. The van der Waals surface area contributed by atoms with Gasteiger partial charge < -0.3 is 4.84 Å². The van der Waals surface area contributed by atoms with Crippen LogP contribution in [0.1, 0.15) is 24.6 Å². The largest absolute Gasteiger partial charge is 0.399 e. The molecule has 1 heterocycles. The SMILES string of the molecule is CO/N=C1\CC(C)Cc2nnc(-c3ccc(Br)cc3)cc21. The lowest BCUT2D eigenvalue weighted by Gasteiger charge is -2.21. The highest BCUT2D eigenvalue weighted by molar-refractivity contribution is 9.10. The number of benzene rings is 1. The Hall–Kier alpha value is -1.75. The van der Waals surface area contributed by atoms with Gasteiger partial charge in [-0.25, -0.2) is 0 Å². The molecule has 0 saturated heterocycles. The van der Waals surface area contributed by atoms with Gasteiger partial charge in [0.15, 0.2) is 0 Å². The van der Waals surface area contributed by atoms with Crippen LogP contribution in [-0.4, -0.2) is 23.0 Å². The van der Waals surface area contributed by atoms with Gasteiger partial charge >= 0.3 is 0 Å². The topological polar surface area (TPSA) is 47.4 Å². The highest BCUT2D eigenvalue weighted by Crippen LogP contribution is 2.27. The van der Waals surface area contributed by atoms with E-state index < -0.39 is 0 Å². The first-order valence-corrected chi connectivity index (χ1v) is 7.69. The minimum atomic E-state index is 0.513. The summed E-state index contributed by atoms with van der Waals surface area (Å²) in [5.74, 6) is 0.513. The van der Waals surface area contributed by atoms with E-state index in [1.165, 1.54) is 0 Å². The molecule has 0 amide bonds. The molecule has 1 aromatic heterocycles. The molecule has 0 fully saturated rings. The first-order valence-electron chi connectivity index (χ1n) is 6.90. The van der Waals surface area contributed by atoms with Crippen molar-refractivity contribution in [3.8, 4) is 11.3 Å². The fraction of sp³-hybridized carbons (Fsp3) is 0.312. The number of hydrogen-bond acceptors (Lipinski definition) is 4. The number of fused-ring (bicyclic) bond motifs is 1. The van der Waals surface area contributed by atoms with Crippen molar-refractivity contribution in [2.75, 3.05) is 7.11 Å². The lowest BCUT2D eigenvalue weighted by Crippen LogP contribution is -2.21. The number of halogens is 1. The Bertz CT molecular complexity index is 682. The van der Waals surface area contributed by atoms with Crippen molar-refractivity contribution in [3.05, 3.63) is 46.1 Å². The molecule has 0 radical (unpaired) electrons. The molecule has 2 aromatic rings. The van der Waals surface area contributed by atoms with Crippen LogP contribution in [0, 0.1) is 5.92 Å². The maximum atomic E-state index is 4.98. The molecule has 1 aromatic carbocycles. The first kappa shape index (κ1) is 14.2. The number of hydrogen-bond donors (Lipinski definition) is 0. The molecule has 1 aliphatic carbocycles. The highest BCUT2D eigenvalue weighted by atomic mass is 79.9. The van der Waals surface area contributed by atoms with Gasteiger partial charge in [-0.15, -0.1) is 0 Å². The molecule has 0 spiro atoms. The summed E-state index contributed by atoms with van der Waals surface area (Å²) in [6, 6.07) is 10.1. The third-order valence-corrected chi connectivity index (χ3v) is 4.14. The molecule has 108 valence electrons. The van der Waals surface area contributed by atoms with Crippen LogP contribution in [0.3, 0.4) is 0 Å². The molecule has 5 heteroatoms. The smallest absolute Gasteiger partial charge is 0.106 e. The third-order valence-electron chi connectivity index (χ3n) is 3.61. The van der Waals surface area contributed by atoms with Crippen LogP contribution in [0.2, 0.25) is 0 Å². The average Bonchev–Trinajstić information content (AvgIpc) is 2.48. The predicted octanol–water partition coefficient (Wildman–Crippen LogP) is 3.84. The molecule has 0 saturated carbocycles. The van der Waals surface area contributed by atoms with E-state index in [2.05, 4.69) is 44.3 Å². The Labute approximate surface area is 132 Å². The molecule has 1 aliphatic rings. The second-order valence-electron chi connectivity index (χ2n) is 5.33. The fourth-order valence-electron chi connectivity index (χ4n) is 2.62. The summed E-state index contributed by atoms with van der Waals surface area (Å²) in [6.45, 7) is 2.19. The van der Waals surface area contributed by atoms with Crippen LogP contribution >= 0.6 is 15.9 Å². The van der Waals surface area contributed by atoms with Gasteiger partial charge in [0.1, 0.15) is 7.11 Å².